The van der Waals surface area contributed by atoms with Crippen LogP contribution in [0.3, 0.4) is 0 Å². The van der Waals surface area contributed by atoms with Crippen molar-refractivity contribution in [3.8, 4) is 0 Å². The average Bonchev–Trinajstić information content (AvgIpc) is 2.66. The quantitative estimate of drug-likeness (QED) is 0.826. The van der Waals surface area contributed by atoms with E-state index in [1.807, 2.05) is 36.4 Å². The highest BCUT2D eigenvalue weighted by atomic mass is 35.5. The summed E-state index contributed by atoms with van der Waals surface area (Å²) in [5.41, 5.74) is 2.33. The Morgan fingerprint density at radius 3 is 2.46 bits per heavy atom. The summed E-state index contributed by atoms with van der Waals surface area (Å²) in [5.74, 6) is 0. The lowest BCUT2D eigenvalue weighted by Crippen LogP contribution is -2.46. The molecule has 0 atom stereocenters. The molecule has 0 aliphatic carbocycles. The highest BCUT2D eigenvalue weighted by Crippen LogP contribution is 2.14. The van der Waals surface area contributed by atoms with Crippen LogP contribution in [-0.4, -0.2) is 30.1 Å². The van der Waals surface area contributed by atoms with Gasteiger partial charge in [-0.2, -0.15) is 0 Å². The smallest absolute Gasteiger partial charge is 0.318 e. The first kappa shape index (κ1) is 18.5. The second kappa shape index (κ2) is 9.41. The molecule has 0 bridgehead atoms. The van der Waals surface area contributed by atoms with Crippen molar-refractivity contribution in [1.82, 2.24) is 15.5 Å². The third-order valence-corrected chi connectivity index (χ3v) is 4.78. The van der Waals surface area contributed by atoms with Crippen molar-refractivity contribution >= 4 is 23.7 Å². The van der Waals surface area contributed by atoms with E-state index in [4.69, 9.17) is 11.6 Å². The van der Waals surface area contributed by atoms with Gasteiger partial charge in [-0.15, -0.1) is 0 Å². The summed E-state index contributed by atoms with van der Waals surface area (Å²) in [5, 5.41) is 6.52. The predicted molar refractivity (Wildman–Crippen MR) is 107 cm³/mol. The number of hydrogen-bond acceptors (Lipinski definition) is 2. The molecule has 5 heteroatoms. The summed E-state index contributed by atoms with van der Waals surface area (Å²) < 4.78 is 0. The SMILES string of the molecule is O=C(N/C=C/c1ccc(Cl)cc1)NC1CCN(Cc2ccccc2)CC1. The van der Waals surface area contributed by atoms with Crippen molar-refractivity contribution in [3.63, 3.8) is 0 Å². The highest BCUT2D eigenvalue weighted by molar-refractivity contribution is 6.30. The maximum atomic E-state index is 12.0. The molecule has 2 aromatic rings. The molecule has 1 saturated heterocycles. The van der Waals surface area contributed by atoms with E-state index in [1.54, 1.807) is 6.20 Å². The Bertz CT molecular complexity index is 723. The number of nitrogens with zero attached hydrogens (tertiary/aromatic N) is 1. The lowest BCUT2D eigenvalue weighted by atomic mass is 10.0. The molecule has 0 saturated carbocycles. The Balaban J connectivity index is 1.37. The van der Waals surface area contributed by atoms with Gasteiger partial charge in [0, 0.05) is 36.9 Å². The monoisotopic (exact) mass is 369 g/mol. The number of nitrogens with one attached hydrogen (secondary N) is 2. The van der Waals surface area contributed by atoms with Crippen LogP contribution in [0.15, 0.2) is 60.8 Å². The first-order chi connectivity index (χ1) is 12.7. The molecule has 2 aromatic carbocycles. The summed E-state index contributed by atoms with van der Waals surface area (Å²) >= 11 is 5.85. The molecule has 2 amide bonds. The molecule has 4 nitrogen and oxygen atoms in total. The summed E-state index contributed by atoms with van der Waals surface area (Å²) in [7, 11) is 0. The zero-order valence-electron chi connectivity index (χ0n) is 14.7. The van der Waals surface area contributed by atoms with Gasteiger partial charge in [-0.3, -0.25) is 4.90 Å². The summed E-state index contributed by atoms with van der Waals surface area (Å²) in [6, 6.07) is 18.0. The van der Waals surface area contributed by atoms with Gasteiger partial charge < -0.3 is 10.6 Å². The second-order valence-corrected chi connectivity index (χ2v) is 6.98. The normalized spacial score (nSPS) is 15.9. The Morgan fingerprint density at radius 2 is 1.77 bits per heavy atom. The van der Waals surface area contributed by atoms with E-state index in [0.717, 1.165) is 38.0 Å². The fraction of sp³-hybridized carbons (Fsp3) is 0.286. The topological polar surface area (TPSA) is 44.4 Å². The van der Waals surface area contributed by atoms with E-state index in [2.05, 4.69) is 39.8 Å². The number of hydrogen-bond donors (Lipinski definition) is 2. The van der Waals surface area contributed by atoms with Crippen molar-refractivity contribution in [3.05, 3.63) is 76.9 Å². The minimum Gasteiger partial charge on any atom is -0.335 e. The Labute approximate surface area is 159 Å². The maximum absolute atomic E-state index is 12.0. The molecule has 3 rings (SSSR count). The van der Waals surface area contributed by atoms with Crippen molar-refractivity contribution < 1.29 is 4.79 Å². The lowest BCUT2D eigenvalue weighted by molar-refractivity contribution is 0.187. The maximum Gasteiger partial charge on any atom is 0.318 e. The molecule has 2 N–H and O–H groups in total. The van der Waals surface area contributed by atoms with Crippen molar-refractivity contribution in [2.24, 2.45) is 0 Å². The molecule has 1 aliphatic rings. The number of piperidine rings is 1. The van der Waals surface area contributed by atoms with Crippen LogP contribution in [0.25, 0.3) is 6.08 Å². The van der Waals surface area contributed by atoms with E-state index in [0.29, 0.717) is 5.02 Å². The molecule has 1 aliphatic heterocycles. The van der Waals surface area contributed by atoms with Crippen molar-refractivity contribution in [2.45, 2.75) is 25.4 Å². The fourth-order valence-electron chi connectivity index (χ4n) is 3.09. The van der Waals surface area contributed by atoms with Crippen LogP contribution in [0.5, 0.6) is 0 Å². The predicted octanol–water partition coefficient (Wildman–Crippen LogP) is 4.27. The average molecular weight is 370 g/mol. The molecule has 1 fully saturated rings. The summed E-state index contributed by atoms with van der Waals surface area (Å²) in [4.78, 5) is 14.5. The summed E-state index contributed by atoms with van der Waals surface area (Å²) in [6.45, 7) is 2.98. The lowest BCUT2D eigenvalue weighted by Gasteiger charge is -2.32. The first-order valence-corrected chi connectivity index (χ1v) is 9.32. The number of benzene rings is 2. The second-order valence-electron chi connectivity index (χ2n) is 6.54. The zero-order chi connectivity index (χ0) is 18.2. The Hall–Kier alpha value is -2.30. The summed E-state index contributed by atoms with van der Waals surface area (Å²) in [6.07, 6.45) is 5.45. The highest BCUT2D eigenvalue weighted by Gasteiger charge is 2.20. The number of carbonyl (C=O) groups excluding carboxylic acids is 1. The molecule has 136 valence electrons. The number of likely N-dealkylation sites (tertiary alicyclic amines) is 1. The third kappa shape index (κ3) is 5.90. The van der Waals surface area contributed by atoms with Gasteiger partial charge in [0.1, 0.15) is 0 Å². The van der Waals surface area contributed by atoms with E-state index in [9.17, 15) is 4.79 Å². The van der Waals surface area contributed by atoms with E-state index < -0.39 is 0 Å². The minimum atomic E-state index is -0.156. The Kier molecular flexibility index (Phi) is 6.69. The number of halogens is 1. The van der Waals surface area contributed by atoms with Crippen LogP contribution in [0.4, 0.5) is 4.79 Å². The van der Waals surface area contributed by atoms with E-state index >= 15 is 0 Å². The van der Waals surface area contributed by atoms with Crippen LogP contribution < -0.4 is 10.6 Å². The van der Waals surface area contributed by atoms with Crippen molar-refractivity contribution in [2.75, 3.05) is 13.1 Å². The molecule has 1 heterocycles. The van der Waals surface area contributed by atoms with Crippen LogP contribution in [0.1, 0.15) is 24.0 Å². The van der Waals surface area contributed by atoms with Gasteiger partial charge in [-0.25, -0.2) is 4.79 Å². The van der Waals surface area contributed by atoms with Gasteiger partial charge in [0.2, 0.25) is 0 Å². The van der Waals surface area contributed by atoms with Crippen LogP contribution in [0, 0.1) is 0 Å². The van der Waals surface area contributed by atoms with Gasteiger partial charge in [0.15, 0.2) is 0 Å². The standard InChI is InChI=1S/C21H24ClN3O/c22-19-8-6-17(7-9-19)10-13-23-21(26)24-20-11-14-25(15-12-20)16-18-4-2-1-3-5-18/h1-10,13,20H,11-12,14-16H2,(H2,23,24,26)/b13-10+. The molecular weight excluding hydrogens is 346 g/mol. The molecule has 0 unspecified atom stereocenters. The van der Waals surface area contributed by atoms with Gasteiger partial charge in [0.25, 0.3) is 0 Å². The van der Waals surface area contributed by atoms with Gasteiger partial charge in [0.05, 0.1) is 0 Å². The van der Waals surface area contributed by atoms with E-state index in [-0.39, 0.29) is 12.1 Å². The Morgan fingerprint density at radius 1 is 1.08 bits per heavy atom. The first-order valence-electron chi connectivity index (χ1n) is 8.94. The molecular formula is C21H24ClN3O. The van der Waals surface area contributed by atoms with Crippen LogP contribution in [-0.2, 0) is 6.54 Å². The van der Waals surface area contributed by atoms with Gasteiger partial charge >= 0.3 is 6.03 Å². The molecule has 0 aromatic heterocycles. The fourth-order valence-corrected chi connectivity index (χ4v) is 3.22. The third-order valence-electron chi connectivity index (χ3n) is 4.53. The number of urea groups is 1. The minimum absolute atomic E-state index is 0.156. The van der Waals surface area contributed by atoms with Crippen molar-refractivity contribution in [1.29, 1.82) is 0 Å². The number of amides is 2. The van der Waals surface area contributed by atoms with Gasteiger partial charge in [-0.1, -0.05) is 54.1 Å². The molecule has 0 radical (unpaired) electrons. The van der Waals surface area contributed by atoms with Crippen LogP contribution >= 0.6 is 11.6 Å². The van der Waals surface area contributed by atoms with Crippen LogP contribution in [0.2, 0.25) is 5.02 Å². The number of carbonyl (C=O) groups is 1. The molecule has 26 heavy (non-hydrogen) atoms. The zero-order valence-corrected chi connectivity index (χ0v) is 15.5. The number of rotatable bonds is 5. The van der Waals surface area contributed by atoms with E-state index in [1.165, 1.54) is 5.56 Å². The largest absolute Gasteiger partial charge is 0.335 e. The van der Waals surface area contributed by atoms with Gasteiger partial charge in [-0.05, 0) is 42.2 Å². The molecule has 0 spiro atoms.